The second-order valence-electron chi connectivity index (χ2n) is 7.23. The fourth-order valence-electron chi connectivity index (χ4n) is 3.36. The normalized spacial score (nSPS) is 12.9. The third kappa shape index (κ3) is 3.18. The van der Waals surface area contributed by atoms with E-state index in [2.05, 4.69) is 53.5 Å². The van der Waals surface area contributed by atoms with Crippen molar-refractivity contribution >= 4 is 5.69 Å². The zero-order valence-corrected chi connectivity index (χ0v) is 12.8. The fourth-order valence-corrected chi connectivity index (χ4v) is 3.36. The molecule has 1 N–H and O–H groups in total. The molecule has 0 aliphatic heterocycles. The Hall–Kier alpha value is -1.18. The first kappa shape index (κ1) is 14.9. The lowest BCUT2D eigenvalue weighted by Crippen LogP contribution is -2.50. The van der Waals surface area contributed by atoms with Crippen LogP contribution in [0.5, 0.6) is 5.75 Å². The number of aromatic hydroxyl groups is 1. The second kappa shape index (κ2) is 4.83. The molecule has 0 spiro atoms. The van der Waals surface area contributed by atoms with Crippen LogP contribution in [0.1, 0.15) is 41.5 Å². The SMILES string of the molecule is CN(c1ccccc1O)C(C(C)(C)C)C(C)(C)C. The minimum atomic E-state index is 0.134. The molecule has 0 atom stereocenters. The summed E-state index contributed by atoms with van der Waals surface area (Å²) in [6, 6.07) is 7.87. The molecular formula is C16H27NO. The van der Waals surface area contributed by atoms with E-state index in [4.69, 9.17) is 0 Å². The molecule has 0 saturated heterocycles. The number of nitrogens with zero attached hydrogens (tertiary/aromatic N) is 1. The molecule has 0 radical (unpaired) electrons. The van der Waals surface area contributed by atoms with Gasteiger partial charge < -0.3 is 10.0 Å². The molecule has 0 amide bonds. The summed E-state index contributed by atoms with van der Waals surface area (Å²) in [5.41, 5.74) is 1.16. The Bertz CT molecular complexity index is 384. The van der Waals surface area contributed by atoms with Crippen LogP contribution in [-0.4, -0.2) is 18.2 Å². The standard InChI is InChI=1S/C16H27NO/c1-15(2,3)14(16(4,5)6)17(7)12-10-8-9-11-13(12)18/h8-11,14,18H,1-7H3. The van der Waals surface area contributed by atoms with E-state index in [0.717, 1.165) is 5.69 Å². The number of benzene rings is 1. The van der Waals surface area contributed by atoms with Crippen molar-refractivity contribution in [3.8, 4) is 5.75 Å². The third-order valence-electron chi connectivity index (χ3n) is 3.29. The van der Waals surface area contributed by atoms with Crippen LogP contribution in [-0.2, 0) is 0 Å². The number of para-hydroxylation sites is 2. The zero-order chi connectivity index (χ0) is 14.1. The van der Waals surface area contributed by atoms with Gasteiger partial charge in [-0.3, -0.25) is 0 Å². The van der Waals surface area contributed by atoms with Gasteiger partial charge in [0.2, 0.25) is 0 Å². The van der Waals surface area contributed by atoms with Gasteiger partial charge in [0, 0.05) is 13.1 Å². The Kier molecular flexibility index (Phi) is 3.99. The van der Waals surface area contributed by atoms with E-state index in [0.29, 0.717) is 11.8 Å². The Morgan fingerprint density at radius 2 is 1.39 bits per heavy atom. The van der Waals surface area contributed by atoms with E-state index in [1.165, 1.54) is 0 Å². The van der Waals surface area contributed by atoms with Gasteiger partial charge in [0.05, 0.1) is 5.69 Å². The quantitative estimate of drug-likeness (QED) is 0.845. The highest BCUT2D eigenvalue weighted by Gasteiger charge is 2.38. The largest absolute Gasteiger partial charge is 0.506 e. The molecular weight excluding hydrogens is 222 g/mol. The molecule has 2 heteroatoms. The van der Waals surface area contributed by atoms with E-state index >= 15 is 0 Å². The molecule has 1 aromatic carbocycles. The van der Waals surface area contributed by atoms with Crippen molar-refractivity contribution in [2.75, 3.05) is 11.9 Å². The average molecular weight is 249 g/mol. The summed E-state index contributed by atoms with van der Waals surface area (Å²) in [6.07, 6.45) is 0. The summed E-state index contributed by atoms with van der Waals surface area (Å²) in [7, 11) is 2.07. The molecule has 0 aliphatic carbocycles. The average Bonchev–Trinajstić information content (AvgIpc) is 2.13. The van der Waals surface area contributed by atoms with Gasteiger partial charge in [-0.15, -0.1) is 0 Å². The van der Waals surface area contributed by atoms with Gasteiger partial charge in [0.15, 0.2) is 0 Å². The van der Waals surface area contributed by atoms with Crippen molar-refractivity contribution < 1.29 is 5.11 Å². The first-order valence-electron chi connectivity index (χ1n) is 6.56. The lowest BCUT2D eigenvalue weighted by Gasteiger charge is -2.47. The van der Waals surface area contributed by atoms with Crippen molar-refractivity contribution in [1.82, 2.24) is 0 Å². The Labute approximate surface area is 112 Å². The van der Waals surface area contributed by atoms with Gasteiger partial charge in [0.1, 0.15) is 5.75 Å². The van der Waals surface area contributed by atoms with Crippen LogP contribution in [0.2, 0.25) is 0 Å². The van der Waals surface area contributed by atoms with Crippen LogP contribution in [0.25, 0.3) is 0 Å². The number of hydrogen-bond donors (Lipinski definition) is 1. The van der Waals surface area contributed by atoms with Crippen LogP contribution in [0.4, 0.5) is 5.69 Å². The number of anilines is 1. The van der Waals surface area contributed by atoms with Crippen molar-refractivity contribution in [1.29, 1.82) is 0 Å². The second-order valence-corrected chi connectivity index (χ2v) is 7.23. The topological polar surface area (TPSA) is 23.5 Å². The van der Waals surface area contributed by atoms with Crippen LogP contribution in [0.15, 0.2) is 24.3 Å². The minimum Gasteiger partial charge on any atom is -0.506 e. The lowest BCUT2D eigenvalue weighted by molar-refractivity contribution is 0.173. The summed E-state index contributed by atoms with van der Waals surface area (Å²) >= 11 is 0. The maximum atomic E-state index is 10.0. The highest BCUT2D eigenvalue weighted by atomic mass is 16.3. The predicted molar refractivity (Wildman–Crippen MR) is 79.2 cm³/mol. The highest BCUT2D eigenvalue weighted by Crippen LogP contribution is 2.40. The Morgan fingerprint density at radius 3 is 1.78 bits per heavy atom. The van der Waals surface area contributed by atoms with Gasteiger partial charge in [-0.05, 0) is 23.0 Å². The first-order chi connectivity index (χ1) is 8.05. The van der Waals surface area contributed by atoms with Crippen LogP contribution >= 0.6 is 0 Å². The number of phenols is 1. The van der Waals surface area contributed by atoms with Gasteiger partial charge in [-0.1, -0.05) is 53.7 Å². The zero-order valence-electron chi connectivity index (χ0n) is 12.8. The fraction of sp³-hybridized carbons (Fsp3) is 0.625. The molecule has 0 unspecified atom stereocenters. The summed E-state index contributed by atoms with van der Waals surface area (Å²) in [5, 5.41) is 10.0. The summed E-state index contributed by atoms with van der Waals surface area (Å²) in [6.45, 7) is 13.5. The Morgan fingerprint density at radius 1 is 0.944 bits per heavy atom. The molecule has 102 valence electrons. The molecule has 0 aromatic heterocycles. The van der Waals surface area contributed by atoms with Crippen LogP contribution in [0.3, 0.4) is 0 Å². The van der Waals surface area contributed by atoms with E-state index in [1.54, 1.807) is 6.07 Å². The summed E-state index contributed by atoms with van der Waals surface area (Å²) in [4.78, 5) is 2.20. The van der Waals surface area contributed by atoms with Crippen molar-refractivity contribution in [2.24, 2.45) is 10.8 Å². The van der Waals surface area contributed by atoms with E-state index in [-0.39, 0.29) is 10.8 Å². The summed E-state index contributed by atoms with van der Waals surface area (Å²) in [5.74, 6) is 0.346. The maximum absolute atomic E-state index is 10.0. The van der Waals surface area contributed by atoms with Crippen LogP contribution in [0, 0.1) is 10.8 Å². The first-order valence-corrected chi connectivity index (χ1v) is 6.56. The third-order valence-corrected chi connectivity index (χ3v) is 3.29. The van der Waals surface area contributed by atoms with Gasteiger partial charge in [0.25, 0.3) is 0 Å². The molecule has 18 heavy (non-hydrogen) atoms. The van der Waals surface area contributed by atoms with Crippen molar-refractivity contribution in [3.05, 3.63) is 24.3 Å². The molecule has 1 aromatic rings. The summed E-state index contributed by atoms with van der Waals surface area (Å²) < 4.78 is 0. The van der Waals surface area contributed by atoms with Crippen molar-refractivity contribution in [3.63, 3.8) is 0 Å². The minimum absolute atomic E-state index is 0.134. The molecule has 0 fully saturated rings. The van der Waals surface area contributed by atoms with Crippen molar-refractivity contribution in [2.45, 2.75) is 47.6 Å². The molecule has 0 bridgehead atoms. The molecule has 0 saturated carbocycles. The number of hydrogen-bond acceptors (Lipinski definition) is 2. The molecule has 1 rings (SSSR count). The van der Waals surface area contributed by atoms with E-state index < -0.39 is 0 Å². The molecule has 0 heterocycles. The molecule has 2 nitrogen and oxygen atoms in total. The van der Waals surface area contributed by atoms with Crippen LogP contribution < -0.4 is 4.90 Å². The van der Waals surface area contributed by atoms with Gasteiger partial charge in [-0.2, -0.15) is 0 Å². The van der Waals surface area contributed by atoms with Gasteiger partial charge >= 0.3 is 0 Å². The monoisotopic (exact) mass is 249 g/mol. The lowest BCUT2D eigenvalue weighted by atomic mass is 9.71. The highest BCUT2D eigenvalue weighted by molar-refractivity contribution is 5.58. The number of phenolic OH excluding ortho intramolecular Hbond substituents is 1. The number of rotatable bonds is 2. The van der Waals surface area contributed by atoms with Gasteiger partial charge in [-0.25, -0.2) is 0 Å². The maximum Gasteiger partial charge on any atom is 0.138 e. The Balaban J connectivity index is 3.20. The smallest absolute Gasteiger partial charge is 0.138 e. The van der Waals surface area contributed by atoms with E-state index in [9.17, 15) is 5.11 Å². The molecule has 0 aliphatic rings. The van der Waals surface area contributed by atoms with E-state index in [1.807, 2.05) is 18.2 Å². The predicted octanol–water partition coefficient (Wildman–Crippen LogP) is 4.29.